The van der Waals surface area contributed by atoms with Crippen LogP contribution in [0.2, 0.25) is 0 Å². The van der Waals surface area contributed by atoms with Gasteiger partial charge in [0.1, 0.15) is 5.82 Å². The average molecular weight is 336 g/mol. The van der Waals surface area contributed by atoms with Crippen LogP contribution in [0.5, 0.6) is 0 Å². The van der Waals surface area contributed by atoms with Crippen LogP contribution < -0.4 is 10.2 Å². The summed E-state index contributed by atoms with van der Waals surface area (Å²) in [7, 11) is 1.91. The molecule has 6 heteroatoms. The number of carbonyl (C=O) groups is 1. The molecule has 25 heavy (non-hydrogen) atoms. The maximum Gasteiger partial charge on any atom is 0.259 e. The molecule has 3 aromatic rings. The molecule has 1 aromatic heterocycles. The Labute approximate surface area is 145 Å². The number of aromatic nitrogens is 2. The lowest BCUT2D eigenvalue weighted by atomic mass is 10.2. The summed E-state index contributed by atoms with van der Waals surface area (Å²) >= 11 is 0. The van der Waals surface area contributed by atoms with E-state index in [9.17, 15) is 9.18 Å². The van der Waals surface area contributed by atoms with Crippen molar-refractivity contribution in [2.24, 2.45) is 0 Å². The third-order valence-corrected chi connectivity index (χ3v) is 3.66. The van der Waals surface area contributed by atoms with Crippen LogP contribution in [-0.4, -0.2) is 23.2 Å². The van der Waals surface area contributed by atoms with E-state index in [1.807, 2.05) is 42.3 Å². The average Bonchev–Trinajstić information content (AvgIpc) is 2.63. The standard InChI is InChI=1S/C19H17FN4O/c1-24(13-14-7-3-2-4-8-14)18-12-11-17(22-23-18)21-19(25)15-9-5-6-10-16(15)20/h2-12H,13H2,1H3,(H,21,22,25). The molecule has 126 valence electrons. The van der Waals surface area contributed by atoms with Crippen LogP contribution in [0, 0.1) is 5.82 Å². The summed E-state index contributed by atoms with van der Waals surface area (Å²) < 4.78 is 13.6. The summed E-state index contributed by atoms with van der Waals surface area (Å²) in [6.45, 7) is 0.691. The maximum atomic E-state index is 13.6. The summed E-state index contributed by atoms with van der Waals surface area (Å²) in [6.07, 6.45) is 0. The van der Waals surface area contributed by atoms with Crippen molar-refractivity contribution in [3.63, 3.8) is 0 Å². The predicted molar refractivity (Wildman–Crippen MR) is 94.9 cm³/mol. The fourth-order valence-corrected chi connectivity index (χ4v) is 2.36. The zero-order valence-electron chi connectivity index (χ0n) is 13.7. The first-order valence-electron chi connectivity index (χ1n) is 7.78. The number of amides is 1. The number of nitrogens with zero attached hydrogens (tertiary/aromatic N) is 3. The van der Waals surface area contributed by atoms with E-state index in [1.54, 1.807) is 18.2 Å². The molecule has 0 unspecified atom stereocenters. The molecule has 0 radical (unpaired) electrons. The Morgan fingerprint density at radius 1 is 1.00 bits per heavy atom. The number of halogens is 1. The van der Waals surface area contributed by atoms with Gasteiger partial charge in [0.05, 0.1) is 5.56 Å². The summed E-state index contributed by atoms with van der Waals surface area (Å²) in [5.74, 6) is -0.192. The molecule has 5 nitrogen and oxygen atoms in total. The summed E-state index contributed by atoms with van der Waals surface area (Å²) in [5, 5.41) is 10.6. The summed E-state index contributed by atoms with van der Waals surface area (Å²) in [5.41, 5.74) is 1.12. The number of hydrogen-bond donors (Lipinski definition) is 1. The zero-order chi connectivity index (χ0) is 17.6. The SMILES string of the molecule is CN(Cc1ccccc1)c1ccc(NC(=O)c2ccccc2F)nn1. The quantitative estimate of drug-likeness (QED) is 0.775. The Morgan fingerprint density at radius 3 is 2.40 bits per heavy atom. The number of rotatable bonds is 5. The van der Waals surface area contributed by atoms with E-state index in [1.165, 1.54) is 18.2 Å². The van der Waals surface area contributed by atoms with E-state index >= 15 is 0 Å². The van der Waals surface area contributed by atoms with Crippen molar-refractivity contribution in [1.82, 2.24) is 10.2 Å². The Hall–Kier alpha value is -3.28. The minimum absolute atomic E-state index is 0.0328. The lowest BCUT2D eigenvalue weighted by Gasteiger charge is -2.17. The largest absolute Gasteiger partial charge is 0.354 e. The highest BCUT2D eigenvalue weighted by Crippen LogP contribution is 2.14. The molecule has 0 bridgehead atoms. The van der Waals surface area contributed by atoms with Crippen molar-refractivity contribution in [3.05, 3.63) is 83.7 Å². The van der Waals surface area contributed by atoms with Gasteiger partial charge >= 0.3 is 0 Å². The normalized spacial score (nSPS) is 10.3. The van der Waals surface area contributed by atoms with Crippen molar-refractivity contribution in [3.8, 4) is 0 Å². The second-order valence-corrected chi connectivity index (χ2v) is 5.55. The first kappa shape index (κ1) is 16.6. The van der Waals surface area contributed by atoms with E-state index in [4.69, 9.17) is 0 Å². The molecule has 1 amide bonds. The van der Waals surface area contributed by atoms with Gasteiger partial charge < -0.3 is 10.2 Å². The van der Waals surface area contributed by atoms with E-state index in [0.717, 1.165) is 5.56 Å². The van der Waals surface area contributed by atoms with Gasteiger partial charge in [-0.1, -0.05) is 42.5 Å². The van der Waals surface area contributed by atoms with E-state index in [0.29, 0.717) is 12.4 Å². The molecule has 0 spiro atoms. The summed E-state index contributed by atoms with van der Waals surface area (Å²) in [4.78, 5) is 14.0. The van der Waals surface area contributed by atoms with Gasteiger partial charge in [0, 0.05) is 13.6 Å². The van der Waals surface area contributed by atoms with Crippen LogP contribution in [0.1, 0.15) is 15.9 Å². The second-order valence-electron chi connectivity index (χ2n) is 5.55. The monoisotopic (exact) mass is 336 g/mol. The second kappa shape index (κ2) is 7.53. The maximum absolute atomic E-state index is 13.6. The van der Waals surface area contributed by atoms with Crippen LogP contribution in [0.15, 0.2) is 66.7 Å². The number of benzene rings is 2. The number of carbonyl (C=O) groups excluding carboxylic acids is 1. The molecule has 3 rings (SSSR count). The number of nitrogens with one attached hydrogen (secondary N) is 1. The molecule has 0 aliphatic heterocycles. The Balaban J connectivity index is 1.66. The molecule has 0 saturated heterocycles. The van der Waals surface area contributed by atoms with Crippen molar-refractivity contribution >= 4 is 17.5 Å². The third-order valence-electron chi connectivity index (χ3n) is 3.66. The lowest BCUT2D eigenvalue weighted by Crippen LogP contribution is -2.19. The Bertz CT molecular complexity index is 853. The highest BCUT2D eigenvalue weighted by Gasteiger charge is 2.12. The van der Waals surface area contributed by atoms with E-state index in [2.05, 4.69) is 15.5 Å². The van der Waals surface area contributed by atoms with E-state index in [-0.39, 0.29) is 11.4 Å². The van der Waals surface area contributed by atoms with Crippen molar-refractivity contribution in [1.29, 1.82) is 0 Å². The van der Waals surface area contributed by atoms with Crippen LogP contribution >= 0.6 is 0 Å². The zero-order valence-corrected chi connectivity index (χ0v) is 13.7. The molecule has 1 N–H and O–H groups in total. The molecule has 0 aliphatic rings. The lowest BCUT2D eigenvalue weighted by molar-refractivity contribution is 0.102. The van der Waals surface area contributed by atoms with Gasteiger partial charge in [-0.3, -0.25) is 4.79 Å². The Morgan fingerprint density at radius 2 is 1.72 bits per heavy atom. The summed E-state index contributed by atoms with van der Waals surface area (Å²) in [6, 6.07) is 19.2. The molecule has 0 saturated carbocycles. The minimum atomic E-state index is -0.577. The van der Waals surface area contributed by atoms with Crippen LogP contribution in [0.25, 0.3) is 0 Å². The van der Waals surface area contributed by atoms with Crippen LogP contribution in [-0.2, 0) is 6.54 Å². The molecule has 2 aromatic carbocycles. The highest BCUT2D eigenvalue weighted by atomic mass is 19.1. The highest BCUT2D eigenvalue weighted by molar-refractivity contribution is 6.03. The Kier molecular flexibility index (Phi) is 4.99. The van der Waals surface area contributed by atoms with Gasteiger partial charge in [-0.25, -0.2) is 4.39 Å². The van der Waals surface area contributed by atoms with Gasteiger partial charge in [-0.05, 0) is 29.8 Å². The van der Waals surface area contributed by atoms with Crippen molar-refractivity contribution in [2.75, 3.05) is 17.3 Å². The van der Waals surface area contributed by atoms with Crippen molar-refractivity contribution < 1.29 is 9.18 Å². The number of anilines is 2. The molecular weight excluding hydrogens is 319 g/mol. The van der Waals surface area contributed by atoms with Gasteiger partial charge in [0.25, 0.3) is 5.91 Å². The number of hydrogen-bond acceptors (Lipinski definition) is 4. The molecule has 0 fully saturated rings. The first-order chi connectivity index (χ1) is 12.1. The minimum Gasteiger partial charge on any atom is -0.354 e. The molecular formula is C19H17FN4O. The topological polar surface area (TPSA) is 58.1 Å². The smallest absolute Gasteiger partial charge is 0.259 e. The van der Waals surface area contributed by atoms with Crippen LogP contribution in [0.4, 0.5) is 16.0 Å². The third kappa shape index (κ3) is 4.17. The van der Waals surface area contributed by atoms with Gasteiger partial charge in [-0.2, -0.15) is 0 Å². The van der Waals surface area contributed by atoms with Gasteiger partial charge in [0.2, 0.25) is 0 Å². The van der Waals surface area contributed by atoms with Crippen LogP contribution in [0.3, 0.4) is 0 Å². The first-order valence-corrected chi connectivity index (χ1v) is 7.78. The predicted octanol–water partition coefficient (Wildman–Crippen LogP) is 3.50. The molecule has 0 aliphatic carbocycles. The fraction of sp³-hybridized carbons (Fsp3) is 0.105. The fourth-order valence-electron chi connectivity index (χ4n) is 2.36. The van der Waals surface area contributed by atoms with E-state index < -0.39 is 11.7 Å². The van der Waals surface area contributed by atoms with Gasteiger partial charge in [-0.15, -0.1) is 10.2 Å². The molecule has 0 atom stereocenters. The molecule has 1 heterocycles. The van der Waals surface area contributed by atoms with Gasteiger partial charge in [0.15, 0.2) is 11.6 Å². The van der Waals surface area contributed by atoms with Crippen molar-refractivity contribution in [2.45, 2.75) is 6.54 Å².